The minimum Gasteiger partial charge on any atom is -0.203 e. The molecule has 3 heteroatoms. The van der Waals surface area contributed by atoms with E-state index in [1.165, 1.54) is 12.8 Å². The molecule has 1 aliphatic carbocycles. The first-order valence-corrected chi connectivity index (χ1v) is 3.99. The van der Waals surface area contributed by atoms with Crippen LogP contribution in [-0.4, -0.2) is 12.2 Å². The van der Waals surface area contributed by atoms with Crippen LogP contribution in [0.25, 0.3) is 0 Å². The van der Waals surface area contributed by atoms with E-state index in [2.05, 4.69) is 11.6 Å². The highest BCUT2D eigenvalue weighted by Crippen LogP contribution is 2.38. The van der Waals surface area contributed by atoms with E-state index in [-0.39, 0.29) is 5.60 Å². The molecule has 1 atom stereocenters. The molecule has 0 aromatic carbocycles. The quantitative estimate of drug-likeness (QED) is 0.395. The van der Waals surface area contributed by atoms with Gasteiger partial charge in [-0.3, -0.25) is 0 Å². The Kier molecular flexibility index (Phi) is 1.71. The lowest BCUT2D eigenvalue weighted by Gasteiger charge is -2.29. The lowest BCUT2D eigenvalue weighted by Crippen LogP contribution is -2.35. The second kappa shape index (κ2) is 2.59. The normalized spacial score (nSPS) is 38.4. The van der Waals surface area contributed by atoms with Crippen molar-refractivity contribution < 1.29 is 14.8 Å². The Hall–Kier alpha value is -0.380. The fourth-order valence-corrected chi connectivity index (χ4v) is 1.66. The highest BCUT2D eigenvalue weighted by atomic mass is 17.5. The van der Waals surface area contributed by atoms with Crippen LogP contribution < -0.4 is 0 Å². The smallest absolute Gasteiger partial charge is 0.154 e. The summed E-state index contributed by atoms with van der Waals surface area (Å²) in [6, 6.07) is 0. The van der Waals surface area contributed by atoms with Crippen molar-refractivity contribution in [3.63, 3.8) is 0 Å². The van der Waals surface area contributed by atoms with Crippen molar-refractivity contribution in [2.75, 3.05) is 6.61 Å². The molecule has 0 radical (unpaired) electrons. The molecule has 2 fully saturated rings. The highest BCUT2D eigenvalue weighted by Gasteiger charge is 2.42. The van der Waals surface area contributed by atoms with E-state index in [1.807, 2.05) is 0 Å². The Morgan fingerprint density at radius 3 is 2.91 bits per heavy atom. The molecule has 0 N–H and O–H groups in total. The second-order valence-corrected chi connectivity index (χ2v) is 3.22. The Morgan fingerprint density at radius 2 is 2.27 bits per heavy atom. The predicted molar refractivity (Wildman–Crippen MR) is 38.5 cm³/mol. The molecule has 2 aliphatic rings. The van der Waals surface area contributed by atoms with E-state index >= 15 is 0 Å². The summed E-state index contributed by atoms with van der Waals surface area (Å²) in [5.74, 6) is 0. The average molecular weight is 156 g/mol. The molecular formula is C8H12O3. The first-order chi connectivity index (χ1) is 5.33. The van der Waals surface area contributed by atoms with Crippen LogP contribution in [0.2, 0.25) is 0 Å². The van der Waals surface area contributed by atoms with Gasteiger partial charge in [0.15, 0.2) is 5.60 Å². The average Bonchev–Trinajstić information content (AvgIpc) is 2.46. The van der Waals surface area contributed by atoms with Gasteiger partial charge in [0, 0.05) is 0 Å². The van der Waals surface area contributed by atoms with Crippen molar-refractivity contribution in [1.82, 2.24) is 0 Å². The van der Waals surface area contributed by atoms with Gasteiger partial charge >= 0.3 is 0 Å². The van der Waals surface area contributed by atoms with Gasteiger partial charge in [-0.25, -0.2) is 4.89 Å². The predicted octanol–water partition coefficient (Wildman–Crippen LogP) is 1.75. The second-order valence-electron chi connectivity index (χ2n) is 3.22. The van der Waals surface area contributed by atoms with Crippen molar-refractivity contribution in [3.05, 3.63) is 12.2 Å². The van der Waals surface area contributed by atoms with E-state index in [0.29, 0.717) is 6.61 Å². The van der Waals surface area contributed by atoms with Crippen molar-refractivity contribution in [1.29, 1.82) is 0 Å². The van der Waals surface area contributed by atoms with Gasteiger partial charge in [-0.15, -0.1) is 0 Å². The fourth-order valence-electron chi connectivity index (χ4n) is 1.66. The van der Waals surface area contributed by atoms with Crippen LogP contribution in [0, 0.1) is 0 Å². The van der Waals surface area contributed by atoms with Crippen LogP contribution >= 0.6 is 0 Å². The van der Waals surface area contributed by atoms with Gasteiger partial charge in [0.05, 0.1) is 0 Å². The molecular weight excluding hydrogens is 144 g/mol. The van der Waals surface area contributed by atoms with Crippen molar-refractivity contribution in [2.24, 2.45) is 0 Å². The Bertz CT molecular complexity index is 170. The van der Waals surface area contributed by atoms with Gasteiger partial charge < -0.3 is 0 Å². The summed E-state index contributed by atoms with van der Waals surface area (Å²) >= 11 is 0. The molecule has 1 aliphatic heterocycles. The first kappa shape index (κ1) is 7.28. The van der Waals surface area contributed by atoms with Crippen LogP contribution in [-0.2, 0) is 14.8 Å². The summed E-state index contributed by atoms with van der Waals surface area (Å²) in [6.45, 7) is 4.47. The first-order valence-electron chi connectivity index (χ1n) is 3.99. The van der Waals surface area contributed by atoms with Gasteiger partial charge in [0.1, 0.15) is 6.61 Å². The number of hydrogen-bond donors (Lipinski definition) is 0. The topological polar surface area (TPSA) is 27.7 Å². The van der Waals surface area contributed by atoms with Crippen LogP contribution in [0.1, 0.15) is 25.7 Å². The standard InChI is InChI=1S/C8H12O3/c1-7-4-2-3-5-8(7)6-9-11-10-8/h1-6H2. The minimum absolute atomic E-state index is 0.307. The largest absolute Gasteiger partial charge is 0.203 e. The summed E-state index contributed by atoms with van der Waals surface area (Å²) < 4.78 is 0. The van der Waals surface area contributed by atoms with Crippen molar-refractivity contribution >= 4 is 0 Å². The lowest BCUT2D eigenvalue weighted by atomic mass is 9.82. The Morgan fingerprint density at radius 1 is 1.36 bits per heavy atom. The van der Waals surface area contributed by atoms with Crippen molar-refractivity contribution in [3.8, 4) is 0 Å². The van der Waals surface area contributed by atoms with Crippen LogP contribution in [0.3, 0.4) is 0 Å². The summed E-state index contributed by atoms with van der Waals surface area (Å²) in [7, 11) is 0. The lowest BCUT2D eigenvalue weighted by molar-refractivity contribution is -0.468. The maximum absolute atomic E-state index is 5.07. The molecule has 1 heterocycles. The third-order valence-corrected chi connectivity index (χ3v) is 2.49. The van der Waals surface area contributed by atoms with Crippen molar-refractivity contribution in [2.45, 2.75) is 31.3 Å². The van der Waals surface area contributed by atoms with E-state index in [0.717, 1.165) is 18.4 Å². The molecule has 2 rings (SSSR count). The summed E-state index contributed by atoms with van der Waals surface area (Å²) in [5.41, 5.74) is 0.805. The fraction of sp³-hybridized carbons (Fsp3) is 0.750. The molecule has 0 amide bonds. The molecule has 1 saturated carbocycles. The van der Waals surface area contributed by atoms with Gasteiger partial charge in [-0.1, -0.05) is 11.6 Å². The zero-order valence-corrected chi connectivity index (χ0v) is 6.47. The summed E-state index contributed by atoms with van der Waals surface area (Å²) in [4.78, 5) is 9.80. The van der Waals surface area contributed by atoms with E-state index < -0.39 is 0 Å². The van der Waals surface area contributed by atoms with Gasteiger partial charge in [-0.2, -0.15) is 4.89 Å². The monoisotopic (exact) mass is 156 g/mol. The molecule has 3 nitrogen and oxygen atoms in total. The Labute approximate surface area is 65.8 Å². The highest BCUT2D eigenvalue weighted by molar-refractivity contribution is 5.16. The number of hydrogen-bond acceptors (Lipinski definition) is 3. The van der Waals surface area contributed by atoms with E-state index in [1.54, 1.807) is 0 Å². The number of rotatable bonds is 0. The SMILES string of the molecule is C=C1CCCCC12COOO2. The van der Waals surface area contributed by atoms with Gasteiger partial charge in [0.25, 0.3) is 0 Å². The summed E-state index contributed by atoms with van der Waals surface area (Å²) in [6.07, 6.45) is 4.40. The zero-order valence-electron chi connectivity index (χ0n) is 6.47. The van der Waals surface area contributed by atoms with E-state index in [4.69, 9.17) is 9.78 Å². The third-order valence-electron chi connectivity index (χ3n) is 2.49. The maximum atomic E-state index is 5.07. The Balaban J connectivity index is 2.13. The molecule has 1 unspecified atom stereocenters. The third kappa shape index (κ3) is 1.09. The van der Waals surface area contributed by atoms with Crippen LogP contribution in [0.5, 0.6) is 0 Å². The molecule has 0 aromatic rings. The molecule has 0 bridgehead atoms. The van der Waals surface area contributed by atoms with Crippen LogP contribution in [0.4, 0.5) is 0 Å². The van der Waals surface area contributed by atoms with E-state index in [9.17, 15) is 0 Å². The zero-order chi connectivity index (χ0) is 7.73. The molecule has 1 saturated heterocycles. The maximum Gasteiger partial charge on any atom is 0.154 e. The van der Waals surface area contributed by atoms with Gasteiger partial charge in [0.2, 0.25) is 0 Å². The summed E-state index contributed by atoms with van der Waals surface area (Å²) in [5, 5.41) is 4.45. The minimum atomic E-state index is -0.307. The molecule has 1 spiro atoms. The molecule has 0 aromatic heterocycles. The molecule has 11 heavy (non-hydrogen) atoms. The van der Waals surface area contributed by atoms with Gasteiger partial charge in [-0.05, 0) is 31.3 Å². The van der Waals surface area contributed by atoms with Crippen LogP contribution in [0.15, 0.2) is 12.2 Å². The molecule has 62 valence electrons.